The molecule has 1 aromatic heterocycles. The lowest BCUT2D eigenvalue weighted by molar-refractivity contribution is -0.348. The topological polar surface area (TPSA) is 75.1 Å². The molecule has 1 heterocycles. The first kappa shape index (κ1) is 28.7. The second kappa shape index (κ2) is 10.6. The summed E-state index contributed by atoms with van der Waals surface area (Å²) < 4.78 is 97.3. The average molecular weight is 567 g/mol. The maximum Gasteiger partial charge on any atom is 0.435 e. The fourth-order valence-corrected chi connectivity index (χ4v) is 3.49. The summed E-state index contributed by atoms with van der Waals surface area (Å²) in [6, 6.07) is 1.51. The number of esters is 1. The van der Waals surface area contributed by atoms with Crippen molar-refractivity contribution in [1.29, 1.82) is 5.41 Å². The third-order valence-electron chi connectivity index (χ3n) is 4.42. The van der Waals surface area contributed by atoms with Crippen molar-refractivity contribution in [3.8, 4) is 0 Å². The van der Waals surface area contributed by atoms with Gasteiger partial charge in [0.1, 0.15) is 5.15 Å². The Labute approximate surface area is 208 Å². The second-order valence-corrected chi connectivity index (χ2v) is 7.81. The molecule has 0 amide bonds. The van der Waals surface area contributed by atoms with Crippen LogP contribution in [0.4, 0.5) is 36.4 Å². The SMILES string of the molecule is CCOC(=O)c1cc(/C(C=N)=C/Nc2c(Cl)cc(C(F)(C(F)(F)F)C(F)(F)F)cc2Cl)cnc1Cl. The van der Waals surface area contributed by atoms with E-state index in [4.69, 9.17) is 44.9 Å². The summed E-state index contributed by atoms with van der Waals surface area (Å²) in [6.07, 6.45) is -9.69. The highest BCUT2D eigenvalue weighted by molar-refractivity contribution is 6.39. The Balaban J connectivity index is 2.49. The van der Waals surface area contributed by atoms with Crippen LogP contribution in [0.5, 0.6) is 0 Å². The monoisotopic (exact) mass is 565 g/mol. The third kappa shape index (κ3) is 5.81. The van der Waals surface area contributed by atoms with E-state index in [0.717, 1.165) is 12.4 Å². The molecule has 0 aliphatic rings. The lowest BCUT2D eigenvalue weighted by Crippen LogP contribution is -2.50. The van der Waals surface area contributed by atoms with Crippen molar-refractivity contribution in [2.45, 2.75) is 24.9 Å². The summed E-state index contributed by atoms with van der Waals surface area (Å²) in [5.74, 6) is -0.796. The lowest BCUT2D eigenvalue weighted by Gasteiger charge is -2.30. The summed E-state index contributed by atoms with van der Waals surface area (Å²) in [5, 5.41) is 8.27. The number of hydrogen-bond acceptors (Lipinski definition) is 5. The van der Waals surface area contributed by atoms with Gasteiger partial charge in [0.25, 0.3) is 0 Å². The molecule has 0 spiro atoms. The van der Waals surface area contributed by atoms with E-state index in [0.29, 0.717) is 0 Å². The number of carbonyl (C=O) groups excluding carboxylic acids is 1. The molecular formula is C20H13Cl3F7N3O2. The number of alkyl halides is 7. The molecule has 15 heteroatoms. The normalized spacial score (nSPS) is 12.9. The number of anilines is 1. The summed E-state index contributed by atoms with van der Waals surface area (Å²) in [6.45, 7) is 1.61. The molecule has 0 atom stereocenters. The van der Waals surface area contributed by atoms with Gasteiger partial charge in [-0.25, -0.2) is 14.2 Å². The molecule has 2 N–H and O–H groups in total. The molecule has 0 aliphatic carbocycles. The van der Waals surface area contributed by atoms with Gasteiger partial charge in [0, 0.05) is 35.3 Å². The zero-order chi connectivity index (χ0) is 26.8. The van der Waals surface area contributed by atoms with Crippen LogP contribution in [0, 0.1) is 5.41 Å². The van der Waals surface area contributed by atoms with Crippen LogP contribution >= 0.6 is 34.8 Å². The Hall–Kier alpha value is -2.57. The Morgan fingerprint density at radius 2 is 1.60 bits per heavy atom. The molecule has 0 radical (unpaired) electrons. The van der Waals surface area contributed by atoms with Crippen molar-refractivity contribution >= 4 is 58.2 Å². The minimum Gasteiger partial charge on any atom is -0.462 e. The van der Waals surface area contributed by atoms with Crippen LogP contribution < -0.4 is 5.32 Å². The Morgan fingerprint density at radius 3 is 2.06 bits per heavy atom. The quantitative estimate of drug-likeness (QED) is 0.157. The van der Waals surface area contributed by atoms with Gasteiger partial charge in [-0.3, -0.25) is 0 Å². The van der Waals surface area contributed by atoms with E-state index in [9.17, 15) is 35.5 Å². The standard InChI is InChI=1S/C20H13Cl3F7N3O2/c1-2-35-17(34)12-3-9(7-33-16(12)23)10(6-31)8-32-15-13(21)4-11(5-14(15)22)18(24,19(25,26)27)20(28,29)30/h3-8,31-32H,2H2,1H3/b10-8+,31-6?. The fraction of sp³-hybridized carbons (Fsp3) is 0.250. The highest BCUT2D eigenvalue weighted by atomic mass is 35.5. The third-order valence-corrected chi connectivity index (χ3v) is 5.31. The summed E-state index contributed by atoms with van der Waals surface area (Å²) in [4.78, 5) is 15.8. The van der Waals surface area contributed by atoms with E-state index in [1.807, 2.05) is 0 Å². The number of pyridine rings is 1. The smallest absolute Gasteiger partial charge is 0.435 e. The first-order valence-electron chi connectivity index (χ1n) is 9.20. The minimum atomic E-state index is -6.35. The van der Waals surface area contributed by atoms with Crippen molar-refractivity contribution in [2.75, 3.05) is 11.9 Å². The summed E-state index contributed by atoms with van der Waals surface area (Å²) in [5.41, 5.74) is -7.92. The highest BCUT2D eigenvalue weighted by Crippen LogP contribution is 2.54. The van der Waals surface area contributed by atoms with Gasteiger partial charge in [-0.15, -0.1) is 0 Å². The van der Waals surface area contributed by atoms with Crippen molar-refractivity contribution < 1.29 is 40.3 Å². The fourth-order valence-electron chi connectivity index (χ4n) is 2.71. The number of carbonyl (C=O) groups is 1. The average Bonchev–Trinajstić information content (AvgIpc) is 2.74. The van der Waals surface area contributed by atoms with Crippen molar-refractivity contribution in [2.24, 2.45) is 0 Å². The van der Waals surface area contributed by atoms with Crippen molar-refractivity contribution in [1.82, 2.24) is 4.98 Å². The summed E-state index contributed by atoms with van der Waals surface area (Å²) in [7, 11) is 0. The van der Waals surface area contributed by atoms with E-state index in [1.165, 1.54) is 12.3 Å². The number of hydrogen-bond donors (Lipinski definition) is 2. The molecule has 190 valence electrons. The largest absolute Gasteiger partial charge is 0.462 e. The number of nitrogens with zero attached hydrogens (tertiary/aromatic N) is 1. The van der Waals surface area contributed by atoms with Gasteiger partial charge >= 0.3 is 24.0 Å². The molecule has 0 saturated carbocycles. The molecular weight excluding hydrogens is 554 g/mol. The number of ether oxygens (including phenoxy) is 1. The first-order chi connectivity index (χ1) is 16.1. The van der Waals surface area contributed by atoms with Crippen LogP contribution in [-0.4, -0.2) is 36.1 Å². The molecule has 0 saturated heterocycles. The van der Waals surface area contributed by atoms with E-state index in [2.05, 4.69) is 10.3 Å². The van der Waals surface area contributed by atoms with Gasteiger partial charge < -0.3 is 15.5 Å². The van der Waals surface area contributed by atoms with Crippen LogP contribution in [0.2, 0.25) is 15.2 Å². The molecule has 5 nitrogen and oxygen atoms in total. The number of halogens is 10. The van der Waals surface area contributed by atoms with Gasteiger partial charge in [-0.05, 0) is 25.1 Å². The van der Waals surface area contributed by atoms with Gasteiger partial charge in [-0.2, -0.15) is 26.3 Å². The number of nitrogens with one attached hydrogen (secondary N) is 2. The molecule has 1 aromatic carbocycles. The molecule has 2 aromatic rings. The summed E-state index contributed by atoms with van der Waals surface area (Å²) >= 11 is 17.5. The second-order valence-electron chi connectivity index (χ2n) is 6.64. The Bertz CT molecular complexity index is 1130. The van der Waals surface area contributed by atoms with E-state index in [1.54, 1.807) is 6.92 Å². The van der Waals surface area contributed by atoms with Crippen LogP contribution in [-0.2, 0) is 10.4 Å². The number of aromatic nitrogens is 1. The Morgan fingerprint density at radius 1 is 1.06 bits per heavy atom. The number of rotatable bonds is 7. The maximum absolute atomic E-state index is 14.3. The molecule has 0 aliphatic heterocycles. The van der Waals surface area contributed by atoms with Gasteiger partial charge in [0.15, 0.2) is 0 Å². The Kier molecular flexibility index (Phi) is 8.67. The van der Waals surface area contributed by atoms with Crippen molar-refractivity contribution in [3.63, 3.8) is 0 Å². The molecule has 35 heavy (non-hydrogen) atoms. The molecule has 0 fully saturated rings. The first-order valence-corrected chi connectivity index (χ1v) is 10.3. The van der Waals surface area contributed by atoms with Crippen LogP contribution in [0.25, 0.3) is 5.57 Å². The van der Waals surface area contributed by atoms with E-state index >= 15 is 0 Å². The van der Waals surface area contributed by atoms with Crippen LogP contribution in [0.15, 0.2) is 30.6 Å². The van der Waals surface area contributed by atoms with Crippen molar-refractivity contribution in [3.05, 3.63) is 62.5 Å². The van der Waals surface area contributed by atoms with Crippen LogP contribution in [0.3, 0.4) is 0 Å². The zero-order valence-corrected chi connectivity index (χ0v) is 19.5. The number of allylic oxidation sites excluding steroid dienone is 1. The minimum absolute atomic E-state index is 0.0151. The van der Waals surface area contributed by atoms with E-state index < -0.39 is 39.6 Å². The molecule has 0 bridgehead atoms. The molecule has 2 rings (SSSR count). The highest BCUT2D eigenvalue weighted by Gasteiger charge is 2.73. The zero-order valence-electron chi connectivity index (χ0n) is 17.2. The van der Waals surface area contributed by atoms with Gasteiger partial charge in [0.05, 0.1) is 27.9 Å². The van der Waals surface area contributed by atoms with E-state index in [-0.39, 0.29) is 46.3 Å². The molecule has 0 unspecified atom stereocenters. The predicted octanol–water partition coefficient (Wildman–Crippen LogP) is 7.61. The van der Waals surface area contributed by atoms with Gasteiger partial charge in [-0.1, -0.05) is 34.8 Å². The maximum atomic E-state index is 14.3. The predicted molar refractivity (Wildman–Crippen MR) is 117 cm³/mol. The number of benzene rings is 1. The van der Waals surface area contributed by atoms with Crippen LogP contribution in [0.1, 0.15) is 28.4 Å². The van der Waals surface area contributed by atoms with Gasteiger partial charge in [0.2, 0.25) is 0 Å². The lowest BCUT2D eigenvalue weighted by atomic mass is 9.94.